The summed E-state index contributed by atoms with van der Waals surface area (Å²) in [5, 5.41) is 11.8. The fourth-order valence-corrected chi connectivity index (χ4v) is 5.67. The van der Waals surface area contributed by atoms with Crippen molar-refractivity contribution in [2.45, 2.75) is 33.4 Å². The van der Waals surface area contributed by atoms with E-state index in [-0.39, 0.29) is 19.2 Å². The van der Waals surface area contributed by atoms with Gasteiger partial charge < -0.3 is 23.7 Å². The summed E-state index contributed by atoms with van der Waals surface area (Å²) < 4.78 is 15.6. The van der Waals surface area contributed by atoms with Crippen molar-refractivity contribution in [2.24, 2.45) is 0 Å². The third-order valence-corrected chi connectivity index (χ3v) is 7.73. The molecule has 0 spiro atoms. The normalized spacial score (nSPS) is 11.9. The molecule has 0 bridgehead atoms. The van der Waals surface area contributed by atoms with Gasteiger partial charge >= 0.3 is 5.97 Å². The number of ether oxygens (including phenoxy) is 2. The number of fused-ring (bicyclic) bond motifs is 1. The summed E-state index contributed by atoms with van der Waals surface area (Å²) in [5.74, 6) is 0.183. The molecule has 0 aliphatic rings. The van der Waals surface area contributed by atoms with E-state index in [1.807, 2.05) is 109 Å². The number of hydrogen-bond acceptors (Lipinski definition) is 5. The standard InChI is InChI=1S/C37H35N3O4/c1-4-43-37(42)34-26(3)40(29-17-15-25(2)16-18-29)33-20-19-31(21-32(33)34)44-23-30(41)22-39-24-38-35(27-11-7-5-8-12-27)36(39)28-13-9-6-10-14-28/h5-21,24,30,41H,4,22-23H2,1-3H3/t30-/m1/s1. The lowest BCUT2D eigenvalue weighted by atomic mass is 10.0. The lowest BCUT2D eigenvalue weighted by Gasteiger charge is -2.16. The lowest BCUT2D eigenvalue weighted by molar-refractivity contribution is 0.0527. The van der Waals surface area contributed by atoms with Gasteiger partial charge in [-0.25, -0.2) is 9.78 Å². The molecular formula is C37H35N3O4. The van der Waals surface area contributed by atoms with Crippen molar-refractivity contribution < 1.29 is 19.4 Å². The van der Waals surface area contributed by atoms with Gasteiger partial charge in [-0.1, -0.05) is 78.4 Å². The SMILES string of the molecule is CCOC(=O)c1c(C)n(-c2ccc(C)cc2)c2ccc(OC[C@H](O)Cn3cnc(-c4ccccc4)c3-c3ccccc3)cc12. The third-order valence-electron chi connectivity index (χ3n) is 7.73. The molecule has 0 saturated carbocycles. The minimum Gasteiger partial charge on any atom is -0.491 e. The zero-order chi connectivity index (χ0) is 30.6. The molecule has 0 fully saturated rings. The number of carbonyl (C=O) groups excluding carboxylic acids is 1. The predicted molar refractivity (Wildman–Crippen MR) is 173 cm³/mol. The molecule has 222 valence electrons. The van der Waals surface area contributed by atoms with Crippen LogP contribution in [0.1, 0.15) is 28.5 Å². The molecule has 1 N–H and O–H groups in total. The van der Waals surface area contributed by atoms with Crippen LogP contribution in [0, 0.1) is 13.8 Å². The van der Waals surface area contributed by atoms with Gasteiger partial charge in [0.15, 0.2) is 0 Å². The van der Waals surface area contributed by atoms with Gasteiger partial charge in [0.25, 0.3) is 0 Å². The van der Waals surface area contributed by atoms with Gasteiger partial charge in [0.2, 0.25) is 0 Å². The van der Waals surface area contributed by atoms with Crippen LogP contribution in [0.25, 0.3) is 39.1 Å². The molecule has 44 heavy (non-hydrogen) atoms. The van der Waals surface area contributed by atoms with Gasteiger partial charge in [0, 0.05) is 27.9 Å². The summed E-state index contributed by atoms with van der Waals surface area (Å²) in [6.45, 7) is 6.41. The van der Waals surface area contributed by atoms with Crippen molar-refractivity contribution in [3.8, 4) is 34.0 Å². The second kappa shape index (κ2) is 12.6. The van der Waals surface area contributed by atoms with E-state index in [4.69, 9.17) is 14.5 Å². The number of aromatic nitrogens is 3. The van der Waals surface area contributed by atoms with Crippen LogP contribution in [0.15, 0.2) is 109 Å². The van der Waals surface area contributed by atoms with E-state index in [1.54, 1.807) is 13.3 Å². The number of hydrogen-bond donors (Lipinski definition) is 1. The summed E-state index contributed by atoms with van der Waals surface area (Å²) in [6.07, 6.45) is 0.955. The van der Waals surface area contributed by atoms with Crippen LogP contribution in [0.4, 0.5) is 0 Å². The molecule has 7 nitrogen and oxygen atoms in total. The topological polar surface area (TPSA) is 78.5 Å². The fraction of sp³-hybridized carbons (Fsp3) is 0.189. The van der Waals surface area contributed by atoms with Crippen LogP contribution >= 0.6 is 0 Å². The van der Waals surface area contributed by atoms with Gasteiger partial charge in [-0.15, -0.1) is 0 Å². The Morgan fingerprint density at radius 1 is 0.886 bits per heavy atom. The highest BCUT2D eigenvalue weighted by Crippen LogP contribution is 2.34. The van der Waals surface area contributed by atoms with Gasteiger partial charge in [-0.2, -0.15) is 0 Å². The molecule has 0 radical (unpaired) electrons. The fourth-order valence-electron chi connectivity index (χ4n) is 5.67. The first-order valence-electron chi connectivity index (χ1n) is 14.8. The predicted octanol–water partition coefficient (Wildman–Crippen LogP) is 7.39. The molecule has 4 aromatic carbocycles. The number of aryl methyl sites for hydroxylation is 1. The molecule has 2 aromatic heterocycles. The summed E-state index contributed by atoms with van der Waals surface area (Å²) in [6, 6.07) is 34.0. The van der Waals surface area contributed by atoms with Crippen molar-refractivity contribution in [2.75, 3.05) is 13.2 Å². The number of nitrogens with zero attached hydrogens (tertiary/aromatic N) is 3. The Bertz CT molecular complexity index is 1890. The number of aliphatic hydroxyl groups excluding tert-OH is 1. The monoisotopic (exact) mass is 585 g/mol. The molecule has 1 atom stereocenters. The van der Waals surface area contributed by atoms with Crippen LogP contribution in [0.3, 0.4) is 0 Å². The van der Waals surface area contributed by atoms with E-state index in [0.29, 0.717) is 17.9 Å². The molecular weight excluding hydrogens is 550 g/mol. The molecule has 0 amide bonds. The number of carbonyl (C=O) groups is 1. The average molecular weight is 586 g/mol. The Kier molecular flexibility index (Phi) is 8.30. The smallest absolute Gasteiger partial charge is 0.340 e. The lowest BCUT2D eigenvalue weighted by Crippen LogP contribution is -2.23. The zero-order valence-electron chi connectivity index (χ0n) is 25.1. The average Bonchev–Trinajstić information content (AvgIpc) is 3.59. The first-order valence-corrected chi connectivity index (χ1v) is 14.8. The molecule has 0 aliphatic heterocycles. The van der Waals surface area contributed by atoms with Crippen LogP contribution in [0.2, 0.25) is 0 Å². The second-order valence-corrected chi connectivity index (χ2v) is 10.8. The maximum atomic E-state index is 13.1. The van der Waals surface area contributed by atoms with Crippen molar-refractivity contribution >= 4 is 16.9 Å². The molecule has 0 saturated heterocycles. The van der Waals surface area contributed by atoms with Crippen LogP contribution in [-0.2, 0) is 11.3 Å². The summed E-state index contributed by atoms with van der Waals surface area (Å²) in [5.41, 5.74) is 8.11. The first kappa shape index (κ1) is 29.0. The van der Waals surface area contributed by atoms with Crippen LogP contribution < -0.4 is 4.74 Å². The summed E-state index contributed by atoms with van der Waals surface area (Å²) >= 11 is 0. The van der Waals surface area contributed by atoms with Gasteiger partial charge in [-0.3, -0.25) is 0 Å². The van der Waals surface area contributed by atoms with E-state index in [1.165, 1.54) is 0 Å². The maximum Gasteiger partial charge on any atom is 0.340 e. The molecule has 0 unspecified atom stereocenters. The van der Waals surface area contributed by atoms with Gasteiger partial charge in [0.1, 0.15) is 18.5 Å². The molecule has 6 rings (SSSR count). The van der Waals surface area contributed by atoms with Crippen molar-refractivity contribution in [3.05, 3.63) is 126 Å². The molecule has 6 aromatic rings. The van der Waals surface area contributed by atoms with E-state index >= 15 is 0 Å². The molecule has 2 heterocycles. The Morgan fingerprint density at radius 3 is 2.25 bits per heavy atom. The Labute approximate surface area is 257 Å². The molecule has 0 aliphatic carbocycles. The number of esters is 1. The summed E-state index contributed by atoms with van der Waals surface area (Å²) in [7, 11) is 0. The number of benzene rings is 4. The minimum atomic E-state index is -0.811. The van der Waals surface area contributed by atoms with E-state index in [2.05, 4.69) is 16.7 Å². The second-order valence-electron chi connectivity index (χ2n) is 10.8. The zero-order valence-corrected chi connectivity index (χ0v) is 25.1. The van der Waals surface area contributed by atoms with Gasteiger partial charge in [-0.05, 0) is 51.1 Å². The van der Waals surface area contributed by atoms with E-state index in [0.717, 1.165) is 50.4 Å². The van der Waals surface area contributed by atoms with Crippen LogP contribution in [0.5, 0.6) is 5.75 Å². The minimum absolute atomic E-state index is 0.0605. The van der Waals surface area contributed by atoms with Crippen molar-refractivity contribution in [3.63, 3.8) is 0 Å². The number of rotatable bonds is 10. The maximum absolute atomic E-state index is 13.1. The Hall–Kier alpha value is -5.14. The Balaban J connectivity index is 1.27. The molecule has 7 heteroatoms. The van der Waals surface area contributed by atoms with E-state index < -0.39 is 6.10 Å². The largest absolute Gasteiger partial charge is 0.491 e. The van der Waals surface area contributed by atoms with E-state index in [9.17, 15) is 9.90 Å². The highest BCUT2D eigenvalue weighted by Gasteiger charge is 2.23. The van der Waals surface area contributed by atoms with Crippen LogP contribution in [-0.4, -0.2) is 44.5 Å². The highest BCUT2D eigenvalue weighted by atomic mass is 16.5. The quantitative estimate of drug-likeness (QED) is 0.170. The van der Waals surface area contributed by atoms with Crippen molar-refractivity contribution in [1.82, 2.24) is 14.1 Å². The first-order chi connectivity index (χ1) is 21.4. The highest BCUT2D eigenvalue weighted by molar-refractivity contribution is 6.07. The number of imidazole rings is 1. The van der Waals surface area contributed by atoms with Crippen molar-refractivity contribution in [1.29, 1.82) is 0 Å². The summed E-state index contributed by atoms with van der Waals surface area (Å²) in [4.78, 5) is 17.8. The third kappa shape index (κ3) is 5.74. The number of aliphatic hydroxyl groups is 1. The Morgan fingerprint density at radius 2 is 1.57 bits per heavy atom. The van der Waals surface area contributed by atoms with Gasteiger partial charge in [0.05, 0.1) is 41.9 Å².